The van der Waals surface area contributed by atoms with Crippen molar-refractivity contribution >= 4 is 17.7 Å². The van der Waals surface area contributed by atoms with E-state index in [1.165, 1.54) is 18.6 Å². The Balaban J connectivity index is 2.12. The highest BCUT2D eigenvalue weighted by molar-refractivity contribution is 7.99. The molecule has 0 radical (unpaired) electrons. The first kappa shape index (κ1) is 11.9. The number of hydrogen-bond acceptors (Lipinski definition) is 2. The van der Waals surface area contributed by atoms with E-state index < -0.39 is 5.97 Å². The standard InChI is InChI=1S/C11H20O2S/c1-2-3-8-14-10-6-4-9(5-7-10)11(12)13/h9-10H,2-8H2,1H3,(H,12,13). The predicted molar refractivity (Wildman–Crippen MR) is 60.7 cm³/mol. The second-order valence-corrected chi connectivity index (χ2v) is 5.44. The highest BCUT2D eigenvalue weighted by Gasteiger charge is 2.25. The van der Waals surface area contributed by atoms with Gasteiger partial charge in [0.25, 0.3) is 0 Å². The molecule has 1 rings (SSSR count). The molecule has 1 fully saturated rings. The molecular formula is C11H20O2S. The van der Waals surface area contributed by atoms with E-state index in [4.69, 9.17) is 5.11 Å². The Kier molecular flexibility index (Phi) is 5.38. The first-order valence-corrected chi connectivity index (χ1v) is 6.63. The molecule has 0 spiro atoms. The van der Waals surface area contributed by atoms with Gasteiger partial charge in [-0.3, -0.25) is 4.79 Å². The molecule has 14 heavy (non-hydrogen) atoms. The van der Waals surface area contributed by atoms with Gasteiger partial charge in [0.15, 0.2) is 0 Å². The molecule has 1 saturated carbocycles. The van der Waals surface area contributed by atoms with Gasteiger partial charge in [-0.05, 0) is 37.9 Å². The van der Waals surface area contributed by atoms with Crippen LogP contribution < -0.4 is 0 Å². The fraction of sp³-hybridized carbons (Fsp3) is 0.909. The van der Waals surface area contributed by atoms with Crippen molar-refractivity contribution < 1.29 is 9.90 Å². The van der Waals surface area contributed by atoms with E-state index in [1.807, 2.05) is 11.8 Å². The van der Waals surface area contributed by atoms with Crippen molar-refractivity contribution in [3.63, 3.8) is 0 Å². The van der Waals surface area contributed by atoms with Crippen molar-refractivity contribution in [1.82, 2.24) is 0 Å². The predicted octanol–water partition coefficient (Wildman–Crippen LogP) is 3.16. The first-order valence-electron chi connectivity index (χ1n) is 5.58. The van der Waals surface area contributed by atoms with Crippen LogP contribution in [0.5, 0.6) is 0 Å². The van der Waals surface area contributed by atoms with Crippen LogP contribution in [0, 0.1) is 5.92 Å². The smallest absolute Gasteiger partial charge is 0.306 e. The van der Waals surface area contributed by atoms with Gasteiger partial charge in [-0.1, -0.05) is 13.3 Å². The average Bonchev–Trinajstić information content (AvgIpc) is 2.19. The normalized spacial score (nSPS) is 27.5. The van der Waals surface area contributed by atoms with Crippen molar-refractivity contribution in [3.8, 4) is 0 Å². The monoisotopic (exact) mass is 216 g/mol. The lowest BCUT2D eigenvalue weighted by Gasteiger charge is -2.25. The Morgan fingerprint density at radius 2 is 2.00 bits per heavy atom. The van der Waals surface area contributed by atoms with Gasteiger partial charge in [0.05, 0.1) is 5.92 Å². The minimum absolute atomic E-state index is 0.0574. The molecular weight excluding hydrogens is 196 g/mol. The van der Waals surface area contributed by atoms with Gasteiger partial charge < -0.3 is 5.11 Å². The second-order valence-electron chi connectivity index (χ2n) is 4.04. The molecule has 0 unspecified atom stereocenters. The van der Waals surface area contributed by atoms with Crippen LogP contribution in [0.3, 0.4) is 0 Å². The highest BCUT2D eigenvalue weighted by Crippen LogP contribution is 2.32. The lowest BCUT2D eigenvalue weighted by molar-refractivity contribution is -0.142. The fourth-order valence-corrected chi connectivity index (χ4v) is 3.26. The zero-order valence-corrected chi connectivity index (χ0v) is 9.68. The average molecular weight is 216 g/mol. The highest BCUT2D eigenvalue weighted by atomic mass is 32.2. The van der Waals surface area contributed by atoms with Crippen LogP contribution in [0.2, 0.25) is 0 Å². The molecule has 82 valence electrons. The summed E-state index contributed by atoms with van der Waals surface area (Å²) in [6.45, 7) is 2.21. The van der Waals surface area contributed by atoms with Crippen LogP contribution in [0.15, 0.2) is 0 Å². The summed E-state index contributed by atoms with van der Waals surface area (Å²) >= 11 is 2.04. The molecule has 2 nitrogen and oxygen atoms in total. The van der Waals surface area contributed by atoms with E-state index in [9.17, 15) is 4.79 Å². The van der Waals surface area contributed by atoms with Crippen LogP contribution in [0.25, 0.3) is 0 Å². The zero-order chi connectivity index (χ0) is 10.4. The number of hydrogen-bond donors (Lipinski definition) is 1. The molecule has 1 aliphatic rings. The topological polar surface area (TPSA) is 37.3 Å². The fourth-order valence-electron chi connectivity index (χ4n) is 1.87. The van der Waals surface area contributed by atoms with E-state index in [-0.39, 0.29) is 5.92 Å². The van der Waals surface area contributed by atoms with Crippen molar-refractivity contribution in [2.24, 2.45) is 5.92 Å². The molecule has 0 atom stereocenters. The number of aliphatic carboxylic acids is 1. The number of thioether (sulfide) groups is 1. The maximum Gasteiger partial charge on any atom is 0.306 e. The number of unbranched alkanes of at least 4 members (excludes halogenated alkanes) is 1. The van der Waals surface area contributed by atoms with E-state index in [0.29, 0.717) is 0 Å². The van der Waals surface area contributed by atoms with Crippen LogP contribution in [0.1, 0.15) is 45.4 Å². The Labute approximate surface area is 90.5 Å². The molecule has 0 bridgehead atoms. The third kappa shape index (κ3) is 3.91. The second kappa shape index (κ2) is 6.33. The first-order chi connectivity index (χ1) is 6.74. The summed E-state index contributed by atoms with van der Waals surface area (Å²) in [4.78, 5) is 10.7. The molecule has 0 aliphatic heterocycles. The molecule has 0 aromatic heterocycles. The minimum Gasteiger partial charge on any atom is -0.481 e. The summed E-state index contributed by atoms with van der Waals surface area (Å²) in [5, 5.41) is 9.57. The molecule has 1 aliphatic carbocycles. The third-order valence-corrected chi connectivity index (χ3v) is 4.34. The number of carbonyl (C=O) groups is 1. The Morgan fingerprint density at radius 3 is 2.50 bits per heavy atom. The zero-order valence-electron chi connectivity index (χ0n) is 8.87. The van der Waals surface area contributed by atoms with Gasteiger partial charge in [-0.15, -0.1) is 0 Å². The number of carboxylic acids is 1. The minimum atomic E-state index is -0.595. The summed E-state index contributed by atoms with van der Waals surface area (Å²) in [6, 6.07) is 0. The molecule has 1 N–H and O–H groups in total. The Morgan fingerprint density at radius 1 is 1.36 bits per heavy atom. The van der Waals surface area contributed by atoms with Crippen molar-refractivity contribution in [1.29, 1.82) is 0 Å². The molecule has 0 amide bonds. The van der Waals surface area contributed by atoms with Crippen LogP contribution in [-0.2, 0) is 4.79 Å². The van der Waals surface area contributed by atoms with Gasteiger partial charge in [0, 0.05) is 5.25 Å². The summed E-state index contributed by atoms with van der Waals surface area (Å²) in [7, 11) is 0. The SMILES string of the molecule is CCCCSC1CCC(C(=O)O)CC1. The van der Waals surface area contributed by atoms with Crippen molar-refractivity contribution in [2.45, 2.75) is 50.7 Å². The summed E-state index contributed by atoms with van der Waals surface area (Å²) < 4.78 is 0. The number of rotatable bonds is 5. The van der Waals surface area contributed by atoms with Gasteiger partial charge in [0.2, 0.25) is 0 Å². The molecule has 0 saturated heterocycles. The van der Waals surface area contributed by atoms with Crippen LogP contribution in [0.4, 0.5) is 0 Å². The summed E-state index contributed by atoms with van der Waals surface area (Å²) in [6.07, 6.45) is 6.54. The van der Waals surface area contributed by atoms with Gasteiger partial charge >= 0.3 is 5.97 Å². The molecule has 0 heterocycles. The van der Waals surface area contributed by atoms with E-state index in [0.717, 1.165) is 30.9 Å². The summed E-state index contributed by atoms with van der Waals surface area (Å²) in [5.41, 5.74) is 0. The van der Waals surface area contributed by atoms with Crippen LogP contribution in [-0.4, -0.2) is 22.1 Å². The largest absolute Gasteiger partial charge is 0.481 e. The van der Waals surface area contributed by atoms with Crippen molar-refractivity contribution in [2.75, 3.05) is 5.75 Å². The van der Waals surface area contributed by atoms with Gasteiger partial charge in [-0.25, -0.2) is 0 Å². The van der Waals surface area contributed by atoms with E-state index in [1.54, 1.807) is 0 Å². The van der Waals surface area contributed by atoms with E-state index in [2.05, 4.69) is 6.92 Å². The van der Waals surface area contributed by atoms with Crippen LogP contribution >= 0.6 is 11.8 Å². The maximum atomic E-state index is 10.7. The Hall–Kier alpha value is -0.180. The third-order valence-electron chi connectivity index (χ3n) is 2.87. The molecule has 3 heteroatoms. The maximum absolute atomic E-state index is 10.7. The number of carboxylic acid groups (broad SMARTS) is 1. The summed E-state index contributed by atoms with van der Waals surface area (Å²) in [5.74, 6) is 0.596. The van der Waals surface area contributed by atoms with Crippen molar-refractivity contribution in [3.05, 3.63) is 0 Å². The molecule has 0 aromatic carbocycles. The van der Waals surface area contributed by atoms with Gasteiger partial charge in [0.1, 0.15) is 0 Å². The lowest BCUT2D eigenvalue weighted by Crippen LogP contribution is -2.22. The molecule has 0 aromatic rings. The quantitative estimate of drug-likeness (QED) is 0.717. The van der Waals surface area contributed by atoms with E-state index >= 15 is 0 Å². The Bertz CT molecular complexity index is 174. The lowest BCUT2D eigenvalue weighted by atomic mass is 9.89. The van der Waals surface area contributed by atoms with Gasteiger partial charge in [-0.2, -0.15) is 11.8 Å².